The van der Waals surface area contributed by atoms with Crippen LogP contribution < -0.4 is 0 Å². The van der Waals surface area contributed by atoms with Gasteiger partial charge in [0, 0.05) is 24.2 Å². The molecule has 25 heavy (non-hydrogen) atoms. The van der Waals surface area contributed by atoms with Gasteiger partial charge in [0.25, 0.3) is 0 Å². The molecule has 134 valence electrons. The van der Waals surface area contributed by atoms with E-state index < -0.39 is 17.5 Å². The van der Waals surface area contributed by atoms with E-state index in [0.29, 0.717) is 19.3 Å². The highest BCUT2D eigenvalue weighted by Gasteiger charge is 2.27. The van der Waals surface area contributed by atoms with Crippen molar-refractivity contribution in [3.8, 4) is 11.1 Å². The summed E-state index contributed by atoms with van der Waals surface area (Å²) in [6.07, 6.45) is 1.65. The van der Waals surface area contributed by atoms with Crippen LogP contribution in [0.1, 0.15) is 36.8 Å². The van der Waals surface area contributed by atoms with Gasteiger partial charge in [0.1, 0.15) is 5.82 Å². The maximum Gasteiger partial charge on any atom is 0.167 e. The molecule has 2 atom stereocenters. The average molecular weight is 350 g/mol. The third kappa shape index (κ3) is 3.58. The molecule has 0 aliphatic carbocycles. The third-order valence-electron chi connectivity index (χ3n) is 4.78. The zero-order chi connectivity index (χ0) is 18.0. The van der Waals surface area contributed by atoms with Gasteiger partial charge in [0.2, 0.25) is 0 Å². The topological polar surface area (TPSA) is 18.5 Å². The predicted octanol–water partition coefficient (Wildman–Crippen LogP) is 5.20. The normalized spacial score (nSPS) is 20.7. The molecule has 1 fully saturated rings. The Hall–Kier alpha value is -1.85. The number of hydrogen-bond acceptors (Lipinski definition) is 2. The van der Waals surface area contributed by atoms with Crippen molar-refractivity contribution in [2.24, 2.45) is 0 Å². The van der Waals surface area contributed by atoms with Gasteiger partial charge in [0.15, 0.2) is 17.9 Å². The summed E-state index contributed by atoms with van der Waals surface area (Å²) < 4.78 is 54.0. The third-order valence-corrected chi connectivity index (χ3v) is 4.78. The van der Waals surface area contributed by atoms with Crippen LogP contribution in [-0.4, -0.2) is 20.0 Å². The minimum atomic E-state index is -1.02. The van der Waals surface area contributed by atoms with Crippen LogP contribution >= 0.6 is 0 Å². The maximum absolute atomic E-state index is 14.6. The highest BCUT2D eigenvalue weighted by Crippen LogP contribution is 2.35. The quantitative estimate of drug-likeness (QED) is 0.754. The van der Waals surface area contributed by atoms with Crippen molar-refractivity contribution in [2.75, 3.05) is 13.7 Å². The van der Waals surface area contributed by atoms with Crippen molar-refractivity contribution in [3.63, 3.8) is 0 Å². The molecule has 0 bridgehead atoms. The van der Waals surface area contributed by atoms with E-state index in [1.165, 1.54) is 24.3 Å². The summed E-state index contributed by atoms with van der Waals surface area (Å²) in [7, 11) is 1.55. The van der Waals surface area contributed by atoms with Gasteiger partial charge in [-0.1, -0.05) is 31.2 Å². The van der Waals surface area contributed by atoms with Crippen molar-refractivity contribution in [3.05, 3.63) is 58.9 Å². The van der Waals surface area contributed by atoms with E-state index in [2.05, 4.69) is 0 Å². The maximum atomic E-state index is 14.6. The van der Waals surface area contributed by atoms with E-state index in [0.717, 1.165) is 5.56 Å². The van der Waals surface area contributed by atoms with Crippen molar-refractivity contribution in [2.45, 2.75) is 38.4 Å². The molecule has 0 saturated carbocycles. The molecule has 0 aromatic heterocycles. The van der Waals surface area contributed by atoms with Gasteiger partial charge in [-0.15, -0.1) is 0 Å². The number of aryl methyl sites for hydroxylation is 1. The second-order valence-electron chi connectivity index (χ2n) is 6.27. The molecule has 2 aromatic rings. The van der Waals surface area contributed by atoms with Crippen LogP contribution in [0.4, 0.5) is 13.2 Å². The molecular weight excluding hydrogens is 329 g/mol. The van der Waals surface area contributed by atoms with Crippen LogP contribution in [0.5, 0.6) is 0 Å². The lowest BCUT2D eigenvalue weighted by molar-refractivity contribution is -0.151. The largest absolute Gasteiger partial charge is 0.356 e. The molecule has 1 heterocycles. The Labute approximate surface area is 145 Å². The lowest BCUT2D eigenvalue weighted by atomic mass is 9.90. The van der Waals surface area contributed by atoms with Gasteiger partial charge in [-0.05, 0) is 36.5 Å². The van der Waals surface area contributed by atoms with Gasteiger partial charge in [-0.2, -0.15) is 0 Å². The fourth-order valence-corrected chi connectivity index (χ4v) is 3.24. The Balaban J connectivity index is 1.91. The first kappa shape index (κ1) is 18.0. The van der Waals surface area contributed by atoms with Gasteiger partial charge in [0.05, 0.1) is 6.61 Å². The zero-order valence-electron chi connectivity index (χ0n) is 14.3. The monoisotopic (exact) mass is 350 g/mol. The first-order chi connectivity index (χ1) is 12.0. The number of hydrogen-bond donors (Lipinski definition) is 0. The molecule has 0 N–H and O–H groups in total. The molecular formula is C20H21F3O2. The van der Waals surface area contributed by atoms with Crippen molar-refractivity contribution < 1.29 is 22.6 Å². The summed E-state index contributed by atoms with van der Waals surface area (Å²) in [6, 6.07) is 7.56. The van der Waals surface area contributed by atoms with Crippen LogP contribution in [-0.2, 0) is 15.9 Å². The molecule has 0 amide bonds. The Morgan fingerprint density at radius 3 is 2.40 bits per heavy atom. The van der Waals surface area contributed by atoms with Crippen molar-refractivity contribution in [1.29, 1.82) is 0 Å². The van der Waals surface area contributed by atoms with E-state index in [1.54, 1.807) is 13.2 Å². The fourth-order valence-electron chi connectivity index (χ4n) is 3.24. The Morgan fingerprint density at radius 1 is 1.04 bits per heavy atom. The summed E-state index contributed by atoms with van der Waals surface area (Å²) in [4.78, 5) is 0. The van der Waals surface area contributed by atoms with Gasteiger partial charge < -0.3 is 9.47 Å². The molecule has 2 nitrogen and oxygen atoms in total. The van der Waals surface area contributed by atoms with E-state index in [9.17, 15) is 13.2 Å². The van der Waals surface area contributed by atoms with Crippen LogP contribution in [0, 0.1) is 17.5 Å². The SMILES string of the molecule is CCc1ccc(-c2ccc(C3CCC(OC)OC3)c(F)c2F)c(F)c1. The highest BCUT2D eigenvalue weighted by atomic mass is 19.2. The highest BCUT2D eigenvalue weighted by molar-refractivity contribution is 5.66. The molecule has 1 aliphatic heterocycles. The van der Waals surface area contributed by atoms with Crippen LogP contribution in [0.15, 0.2) is 30.3 Å². The summed E-state index contributed by atoms with van der Waals surface area (Å²) in [6.45, 7) is 2.18. The standard InChI is InChI=1S/C20H21F3O2/c1-3-12-4-6-15(17(21)10-12)16-8-7-14(19(22)20(16)23)13-5-9-18(24-2)25-11-13/h4,6-8,10,13,18H,3,5,9,11H2,1-2H3. The lowest BCUT2D eigenvalue weighted by Gasteiger charge is -2.28. The van der Waals surface area contributed by atoms with Gasteiger partial charge in [-0.25, -0.2) is 13.2 Å². The minimum absolute atomic E-state index is 0.0621. The molecule has 1 saturated heterocycles. The fraction of sp³-hybridized carbons (Fsp3) is 0.400. The average Bonchev–Trinajstić information content (AvgIpc) is 2.64. The van der Waals surface area contributed by atoms with E-state index in [4.69, 9.17) is 9.47 Å². The van der Waals surface area contributed by atoms with Crippen LogP contribution in [0.2, 0.25) is 0 Å². The number of benzene rings is 2. The van der Waals surface area contributed by atoms with Crippen molar-refractivity contribution in [1.82, 2.24) is 0 Å². The Bertz CT molecular complexity index is 753. The second kappa shape index (κ2) is 7.58. The molecule has 0 spiro atoms. The molecule has 1 aliphatic rings. The van der Waals surface area contributed by atoms with Crippen LogP contribution in [0.25, 0.3) is 11.1 Å². The molecule has 2 aromatic carbocycles. The number of halogens is 3. The van der Waals surface area contributed by atoms with Gasteiger partial charge >= 0.3 is 0 Å². The summed E-state index contributed by atoms with van der Waals surface area (Å²) in [5.41, 5.74) is 1.08. The van der Waals surface area contributed by atoms with E-state index in [-0.39, 0.29) is 35.5 Å². The first-order valence-electron chi connectivity index (χ1n) is 8.46. The number of methoxy groups -OCH3 is 1. The summed E-state index contributed by atoms with van der Waals surface area (Å²) in [5.74, 6) is -2.73. The van der Waals surface area contributed by atoms with Crippen LogP contribution in [0.3, 0.4) is 0 Å². The molecule has 2 unspecified atom stereocenters. The first-order valence-corrected chi connectivity index (χ1v) is 8.46. The summed E-state index contributed by atoms with van der Waals surface area (Å²) in [5, 5.41) is 0. The van der Waals surface area contributed by atoms with E-state index in [1.807, 2.05) is 6.92 Å². The predicted molar refractivity (Wildman–Crippen MR) is 89.9 cm³/mol. The molecule has 5 heteroatoms. The Kier molecular flexibility index (Phi) is 5.45. The second-order valence-corrected chi connectivity index (χ2v) is 6.27. The smallest absolute Gasteiger partial charge is 0.167 e. The molecule has 3 rings (SSSR count). The lowest BCUT2D eigenvalue weighted by Crippen LogP contribution is -2.26. The number of ether oxygens (including phenoxy) is 2. The van der Waals surface area contributed by atoms with Gasteiger partial charge in [-0.3, -0.25) is 0 Å². The zero-order valence-corrected chi connectivity index (χ0v) is 14.3. The summed E-state index contributed by atoms with van der Waals surface area (Å²) >= 11 is 0. The number of rotatable bonds is 4. The minimum Gasteiger partial charge on any atom is -0.356 e. The van der Waals surface area contributed by atoms with Crippen molar-refractivity contribution >= 4 is 0 Å². The molecule has 0 radical (unpaired) electrons. The van der Waals surface area contributed by atoms with E-state index >= 15 is 0 Å². The Morgan fingerprint density at radius 2 is 1.80 bits per heavy atom.